The Labute approximate surface area is 170 Å². The number of rotatable bonds is 4. The van der Waals surface area contributed by atoms with E-state index in [9.17, 15) is 4.79 Å². The number of hydrogen-bond acceptors (Lipinski definition) is 4. The molecule has 4 rings (SSSR count). The average Bonchev–Trinajstić information content (AvgIpc) is 3.06. The fraction of sp³-hybridized carbons (Fsp3) is 0.409. The van der Waals surface area contributed by atoms with Gasteiger partial charge in [-0.3, -0.25) is 4.79 Å². The molecule has 0 spiro atoms. The van der Waals surface area contributed by atoms with Crippen LogP contribution in [-0.2, 0) is 4.79 Å². The molecule has 148 valence electrons. The summed E-state index contributed by atoms with van der Waals surface area (Å²) < 4.78 is 17.4. The van der Waals surface area contributed by atoms with Crippen molar-refractivity contribution in [3.63, 3.8) is 0 Å². The molecule has 1 fully saturated rings. The molecule has 5 nitrogen and oxygen atoms in total. The Morgan fingerprint density at radius 3 is 2.79 bits per heavy atom. The molecule has 0 radical (unpaired) electrons. The van der Waals surface area contributed by atoms with E-state index in [-0.39, 0.29) is 11.9 Å². The first-order valence-electron chi connectivity index (χ1n) is 9.74. The lowest BCUT2D eigenvalue weighted by Gasteiger charge is -2.28. The Balaban J connectivity index is 1.50. The van der Waals surface area contributed by atoms with Gasteiger partial charge in [0.15, 0.2) is 17.6 Å². The summed E-state index contributed by atoms with van der Waals surface area (Å²) in [5.74, 6) is 2.11. The highest BCUT2D eigenvalue weighted by Gasteiger charge is 2.33. The number of benzene rings is 2. The fourth-order valence-electron chi connectivity index (χ4n) is 3.79. The first-order chi connectivity index (χ1) is 13.6. The lowest BCUT2D eigenvalue weighted by Crippen LogP contribution is -2.40. The molecule has 0 bridgehead atoms. The second kappa shape index (κ2) is 8.31. The quantitative estimate of drug-likeness (QED) is 0.749. The molecule has 0 aromatic heterocycles. The van der Waals surface area contributed by atoms with E-state index in [0.717, 1.165) is 42.9 Å². The van der Waals surface area contributed by atoms with Crippen molar-refractivity contribution < 1.29 is 19.0 Å². The molecule has 6 heteroatoms. The van der Waals surface area contributed by atoms with Crippen LogP contribution < -0.4 is 14.2 Å². The number of nitrogens with zero attached hydrogens (tertiary/aromatic N) is 1. The second-order valence-electron chi connectivity index (χ2n) is 7.16. The van der Waals surface area contributed by atoms with E-state index in [1.807, 2.05) is 29.2 Å². The zero-order valence-corrected chi connectivity index (χ0v) is 16.7. The number of likely N-dealkylation sites (tertiary alicyclic amines) is 1. The van der Waals surface area contributed by atoms with Gasteiger partial charge >= 0.3 is 0 Å². The molecule has 1 saturated heterocycles. The lowest BCUT2D eigenvalue weighted by atomic mass is 10.0. The van der Waals surface area contributed by atoms with E-state index in [1.165, 1.54) is 0 Å². The van der Waals surface area contributed by atoms with Gasteiger partial charge in [0, 0.05) is 18.0 Å². The Kier molecular flexibility index (Phi) is 5.62. The SMILES string of the molecule is C[C@H](Oc1cccc(Cl)c1)C(=O)N1CCC[C@H]1c1ccc2c(c1)OCCCO2. The normalized spacial score (nSPS) is 19.8. The van der Waals surface area contributed by atoms with Crippen molar-refractivity contribution in [1.29, 1.82) is 0 Å². The molecule has 2 aliphatic rings. The maximum Gasteiger partial charge on any atom is 0.263 e. The molecule has 2 atom stereocenters. The highest BCUT2D eigenvalue weighted by molar-refractivity contribution is 6.30. The molecular formula is C22H24ClNO4. The van der Waals surface area contributed by atoms with Crippen LogP contribution in [0.25, 0.3) is 0 Å². The highest BCUT2D eigenvalue weighted by Crippen LogP contribution is 2.38. The number of amides is 1. The van der Waals surface area contributed by atoms with Crippen LogP contribution in [0.2, 0.25) is 5.02 Å². The lowest BCUT2D eigenvalue weighted by molar-refractivity contribution is -0.138. The third kappa shape index (κ3) is 4.04. The van der Waals surface area contributed by atoms with Crippen molar-refractivity contribution in [1.82, 2.24) is 4.90 Å². The monoisotopic (exact) mass is 401 g/mol. The number of hydrogen-bond donors (Lipinski definition) is 0. The number of fused-ring (bicyclic) bond motifs is 1. The Morgan fingerprint density at radius 2 is 1.96 bits per heavy atom. The van der Waals surface area contributed by atoms with E-state index in [2.05, 4.69) is 0 Å². The first-order valence-corrected chi connectivity index (χ1v) is 10.1. The molecule has 0 N–H and O–H groups in total. The van der Waals surface area contributed by atoms with Crippen LogP contribution in [0.1, 0.15) is 37.8 Å². The Morgan fingerprint density at radius 1 is 1.14 bits per heavy atom. The molecule has 2 aromatic rings. The van der Waals surface area contributed by atoms with Crippen molar-refractivity contribution in [2.45, 2.75) is 38.3 Å². The van der Waals surface area contributed by atoms with Gasteiger partial charge in [0.1, 0.15) is 5.75 Å². The summed E-state index contributed by atoms with van der Waals surface area (Å²) in [6.45, 7) is 3.82. The van der Waals surface area contributed by atoms with E-state index < -0.39 is 6.10 Å². The summed E-state index contributed by atoms with van der Waals surface area (Å²) in [6.07, 6.45) is 2.18. The summed E-state index contributed by atoms with van der Waals surface area (Å²) in [6, 6.07) is 13.1. The third-order valence-electron chi connectivity index (χ3n) is 5.15. The summed E-state index contributed by atoms with van der Waals surface area (Å²) in [5, 5.41) is 0.586. The smallest absolute Gasteiger partial charge is 0.263 e. The van der Waals surface area contributed by atoms with Gasteiger partial charge in [0.25, 0.3) is 5.91 Å². The van der Waals surface area contributed by atoms with Gasteiger partial charge < -0.3 is 19.1 Å². The number of halogens is 1. The van der Waals surface area contributed by atoms with Gasteiger partial charge in [0.05, 0.1) is 19.3 Å². The van der Waals surface area contributed by atoms with Crippen LogP contribution in [0.5, 0.6) is 17.2 Å². The van der Waals surface area contributed by atoms with Gasteiger partial charge in [0.2, 0.25) is 0 Å². The topological polar surface area (TPSA) is 48.0 Å². The van der Waals surface area contributed by atoms with Crippen LogP contribution in [0, 0.1) is 0 Å². The number of carbonyl (C=O) groups excluding carboxylic acids is 1. The van der Waals surface area contributed by atoms with Crippen LogP contribution in [-0.4, -0.2) is 36.7 Å². The Bertz CT molecular complexity index is 856. The molecule has 2 aromatic carbocycles. The predicted molar refractivity (Wildman–Crippen MR) is 107 cm³/mol. The van der Waals surface area contributed by atoms with Crippen LogP contribution in [0.15, 0.2) is 42.5 Å². The maximum absolute atomic E-state index is 13.1. The van der Waals surface area contributed by atoms with Crippen LogP contribution in [0.3, 0.4) is 0 Å². The molecule has 28 heavy (non-hydrogen) atoms. The van der Waals surface area contributed by atoms with Crippen molar-refractivity contribution >= 4 is 17.5 Å². The van der Waals surface area contributed by atoms with Crippen LogP contribution >= 0.6 is 11.6 Å². The van der Waals surface area contributed by atoms with Crippen molar-refractivity contribution in [3.05, 3.63) is 53.1 Å². The summed E-state index contributed by atoms with van der Waals surface area (Å²) in [7, 11) is 0. The molecule has 2 heterocycles. The van der Waals surface area contributed by atoms with Gasteiger partial charge in [-0.25, -0.2) is 0 Å². The van der Waals surface area contributed by atoms with Crippen molar-refractivity contribution in [2.75, 3.05) is 19.8 Å². The van der Waals surface area contributed by atoms with Gasteiger partial charge in [-0.05, 0) is 55.7 Å². The summed E-state index contributed by atoms with van der Waals surface area (Å²) in [4.78, 5) is 15.0. The van der Waals surface area contributed by atoms with Gasteiger partial charge in [-0.15, -0.1) is 0 Å². The average molecular weight is 402 g/mol. The van der Waals surface area contributed by atoms with Crippen molar-refractivity contribution in [2.24, 2.45) is 0 Å². The molecule has 1 amide bonds. The third-order valence-corrected chi connectivity index (χ3v) is 5.38. The van der Waals surface area contributed by atoms with E-state index in [1.54, 1.807) is 25.1 Å². The van der Waals surface area contributed by atoms with Crippen molar-refractivity contribution in [3.8, 4) is 17.2 Å². The first kappa shape index (κ1) is 18.9. The largest absolute Gasteiger partial charge is 0.490 e. The second-order valence-corrected chi connectivity index (χ2v) is 7.60. The Hall–Kier alpha value is -2.40. The van der Waals surface area contributed by atoms with E-state index in [4.69, 9.17) is 25.8 Å². The molecule has 0 saturated carbocycles. The number of carbonyl (C=O) groups is 1. The highest BCUT2D eigenvalue weighted by atomic mass is 35.5. The summed E-state index contributed by atoms with van der Waals surface area (Å²) in [5.41, 5.74) is 1.07. The zero-order chi connectivity index (χ0) is 19.5. The van der Waals surface area contributed by atoms with Crippen LogP contribution in [0.4, 0.5) is 0 Å². The van der Waals surface area contributed by atoms with E-state index >= 15 is 0 Å². The van der Waals surface area contributed by atoms with Gasteiger partial charge in [-0.2, -0.15) is 0 Å². The minimum atomic E-state index is -0.584. The summed E-state index contributed by atoms with van der Waals surface area (Å²) >= 11 is 6.01. The predicted octanol–water partition coefficient (Wildman–Crippen LogP) is 4.63. The molecule has 0 unspecified atom stereocenters. The molecular weight excluding hydrogens is 378 g/mol. The zero-order valence-electron chi connectivity index (χ0n) is 15.9. The standard InChI is InChI=1S/C22H24ClNO4/c1-15(28-18-6-2-5-17(23)14-18)22(25)24-10-3-7-19(24)16-8-9-20-21(13-16)27-12-4-11-26-20/h2,5-6,8-9,13-15,19H,3-4,7,10-12H2,1H3/t15-,19-/m0/s1. The molecule has 2 aliphatic heterocycles. The maximum atomic E-state index is 13.1. The number of ether oxygens (including phenoxy) is 3. The molecule has 0 aliphatic carbocycles. The minimum absolute atomic E-state index is 0.0189. The van der Waals surface area contributed by atoms with Gasteiger partial charge in [-0.1, -0.05) is 23.7 Å². The van der Waals surface area contributed by atoms with E-state index in [0.29, 0.717) is 24.0 Å². The minimum Gasteiger partial charge on any atom is -0.490 e. The fourth-order valence-corrected chi connectivity index (χ4v) is 3.97.